The molecule has 3 aromatic rings. The van der Waals surface area contributed by atoms with Gasteiger partial charge in [-0.2, -0.15) is 0 Å². The molecule has 0 fully saturated rings. The van der Waals surface area contributed by atoms with Gasteiger partial charge in [-0.15, -0.1) is 0 Å². The van der Waals surface area contributed by atoms with Gasteiger partial charge in [0.25, 0.3) is 0 Å². The number of ether oxygens (including phenoxy) is 1. The van der Waals surface area contributed by atoms with Crippen LogP contribution in [-0.4, -0.2) is 11.6 Å². The fraction of sp³-hybridized carbons (Fsp3) is 0.393. The molecule has 0 aliphatic carbocycles. The molecule has 0 saturated heterocycles. The van der Waals surface area contributed by atoms with Crippen LogP contribution in [0.2, 0.25) is 0 Å². The van der Waals surface area contributed by atoms with E-state index in [1.807, 2.05) is 6.20 Å². The number of hydrogen-bond donors (Lipinski definition) is 0. The van der Waals surface area contributed by atoms with E-state index in [4.69, 9.17) is 9.72 Å². The van der Waals surface area contributed by atoms with Gasteiger partial charge in [0.15, 0.2) is 0 Å². The lowest BCUT2D eigenvalue weighted by Crippen LogP contribution is -2.00. The van der Waals surface area contributed by atoms with Gasteiger partial charge in [-0.3, -0.25) is 4.98 Å². The number of unbranched alkanes of at least 4 members (excludes halogenated alkanes) is 3. The number of aryl methyl sites for hydroxylation is 1. The van der Waals surface area contributed by atoms with Gasteiger partial charge in [0.05, 0.1) is 6.61 Å². The highest BCUT2D eigenvalue weighted by Crippen LogP contribution is 2.27. The van der Waals surface area contributed by atoms with E-state index in [1.165, 1.54) is 41.5 Å². The van der Waals surface area contributed by atoms with E-state index in [-0.39, 0.29) is 0 Å². The average molecular weight is 402 g/mol. The minimum absolute atomic E-state index is 0.290. The first-order valence-electron chi connectivity index (χ1n) is 11.5. The van der Waals surface area contributed by atoms with Gasteiger partial charge in [-0.25, -0.2) is 0 Å². The summed E-state index contributed by atoms with van der Waals surface area (Å²) in [4.78, 5) is 4.69. The Balaban J connectivity index is 1.59. The zero-order chi connectivity index (χ0) is 21.2. The Bertz CT molecular complexity index is 866. The molecule has 1 aromatic heterocycles. The normalized spacial score (nSPS) is 12.0. The zero-order valence-electron chi connectivity index (χ0n) is 18.7. The topological polar surface area (TPSA) is 22.1 Å². The molecule has 0 aliphatic heterocycles. The van der Waals surface area contributed by atoms with Gasteiger partial charge in [0.1, 0.15) is 5.75 Å². The second kappa shape index (κ2) is 11.5. The Morgan fingerprint density at radius 1 is 0.767 bits per heavy atom. The van der Waals surface area contributed by atoms with Crippen LogP contribution in [-0.2, 0) is 6.42 Å². The molecule has 0 aliphatic rings. The highest BCUT2D eigenvalue weighted by Gasteiger charge is 2.10. The first-order chi connectivity index (χ1) is 14.7. The van der Waals surface area contributed by atoms with Crippen LogP contribution in [0.4, 0.5) is 0 Å². The van der Waals surface area contributed by atoms with Crippen molar-refractivity contribution in [3.8, 4) is 16.9 Å². The molecule has 0 spiro atoms. The number of rotatable bonds is 11. The molecule has 0 bridgehead atoms. The molecule has 1 unspecified atom stereocenters. The van der Waals surface area contributed by atoms with Crippen LogP contribution in [0, 0.1) is 0 Å². The summed E-state index contributed by atoms with van der Waals surface area (Å²) in [5, 5.41) is 0. The fourth-order valence-electron chi connectivity index (χ4n) is 3.73. The van der Waals surface area contributed by atoms with Crippen molar-refractivity contribution in [2.45, 2.75) is 65.2 Å². The van der Waals surface area contributed by atoms with Crippen LogP contribution < -0.4 is 4.74 Å². The van der Waals surface area contributed by atoms with Gasteiger partial charge < -0.3 is 4.74 Å². The number of benzene rings is 2. The predicted octanol–water partition coefficient (Wildman–Crippen LogP) is 7.81. The molecule has 1 heterocycles. The molecule has 0 amide bonds. The maximum atomic E-state index is 5.86. The summed E-state index contributed by atoms with van der Waals surface area (Å²) < 4.78 is 5.86. The number of pyridine rings is 1. The molecular weight excluding hydrogens is 366 g/mol. The van der Waals surface area contributed by atoms with Crippen LogP contribution in [0.3, 0.4) is 0 Å². The summed E-state index contributed by atoms with van der Waals surface area (Å²) in [6.07, 6.45) is 9.20. The Hall–Kier alpha value is -2.61. The van der Waals surface area contributed by atoms with Crippen molar-refractivity contribution < 1.29 is 4.74 Å². The minimum Gasteiger partial charge on any atom is -0.494 e. The average Bonchev–Trinajstić information content (AvgIpc) is 2.80. The lowest BCUT2D eigenvalue weighted by atomic mass is 9.94. The molecule has 3 rings (SSSR count). The summed E-state index contributed by atoms with van der Waals surface area (Å²) in [6, 6.07) is 21.7. The van der Waals surface area contributed by atoms with E-state index in [1.54, 1.807) is 0 Å². The molecule has 2 aromatic carbocycles. The molecule has 0 N–H and O–H groups in total. The quantitative estimate of drug-likeness (QED) is 0.306. The van der Waals surface area contributed by atoms with E-state index in [0.717, 1.165) is 37.3 Å². The van der Waals surface area contributed by atoms with E-state index < -0.39 is 0 Å². The summed E-state index contributed by atoms with van der Waals surface area (Å²) in [7, 11) is 0. The number of aromatic nitrogens is 1. The lowest BCUT2D eigenvalue weighted by Gasteiger charge is -2.13. The molecule has 0 radical (unpaired) electrons. The largest absolute Gasteiger partial charge is 0.494 e. The Morgan fingerprint density at radius 2 is 1.47 bits per heavy atom. The Labute approximate surface area is 182 Å². The van der Waals surface area contributed by atoms with Crippen LogP contribution in [0.25, 0.3) is 11.1 Å². The van der Waals surface area contributed by atoms with Crippen molar-refractivity contribution in [2.24, 2.45) is 0 Å². The van der Waals surface area contributed by atoms with E-state index in [9.17, 15) is 0 Å². The van der Waals surface area contributed by atoms with E-state index in [0.29, 0.717) is 5.92 Å². The Morgan fingerprint density at radius 3 is 2.07 bits per heavy atom. The van der Waals surface area contributed by atoms with E-state index in [2.05, 4.69) is 81.4 Å². The monoisotopic (exact) mass is 401 g/mol. The highest BCUT2D eigenvalue weighted by atomic mass is 16.5. The van der Waals surface area contributed by atoms with Crippen molar-refractivity contribution >= 4 is 0 Å². The molecule has 30 heavy (non-hydrogen) atoms. The summed E-state index contributed by atoms with van der Waals surface area (Å²) in [5.74, 6) is 1.25. The maximum Gasteiger partial charge on any atom is 0.119 e. The lowest BCUT2D eigenvalue weighted by molar-refractivity contribution is 0.305. The Kier molecular flexibility index (Phi) is 8.50. The summed E-state index contributed by atoms with van der Waals surface area (Å²) in [5.41, 5.74) is 6.18. The smallest absolute Gasteiger partial charge is 0.119 e. The van der Waals surface area contributed by atoms with Crippen molar-refractivity contribution in [3.63, 3.8) is 0 Å². The molecular formula is C28H35NO. The van der Waals surface area contributed by atoms with E-state index >= 15 is 0 Å². The van der Waals surface area contributed by atoms with Crippen molar-refractivity contribution in [3.05, 3.63) is 83.7 Å². The minimum atomic E-state index is 0.290. The van der Waals surface area contributed by atoms with Crippen molar-refractivity contribution in [1.82, 2.24) is 4.98 Å². The molecule has 2 heteroatoms. The van der Waals surface area contributed by atoms with Crippen LogP contribution in [0.5, 0.6) is 5.75 Å². The van der Waals surface area contributed by atoms with Gasteiger partial charge in [0.2, 0.25) is 0 Å². The predicted molar refractivity (Wildman–Crippen MR) is 127 cm³/mol. The van der Waals surface area contributed by atoms with Crippen LogP contribution >= 0.6 is 0 Å². The third-order valence-electron chi connectivity index (χ3n) is 5.69. The van der Waals surface area contributed by atoms with Gasteiger partial charge in [0, 0.05) is 17.8 Å². The fourth-order valence-corrected chi connectivity index (χ4v) is 3.73. The highest BCUT2D eigenvalue weighted by molar-refractivity contribution is 5.64. The van der Waals surface area contributed by atoms with Gasteiger partial charge in [-0.05, 0) is 53.3 Å². The van der Waals surface area contributed by atoms with Gasteiger partial charge >= 0.3 is 0 Å². The van der Waals surface area contributed by atoms with Crippen LogP contribution in [0.1, 0.15) is 75.6 Å². The van der Waals surface area contributed by atoms with Gasteiger partial charge in [-0.1, -0.05) is 88.9 Å². The van der Waals surface area contributed by atoms with Crippen LogP contribution in [0.15, 0.2) is 66.9 Å². The SMILES string of the molecule is CCCCCCOc1ccc(-c2ccc(C(C)c3ccc(CCC)cn3)cc2)cc1. The number of nitrogens with zero attached hydrogens (tertiary/aromatic N) is 1. The second-order valence-electron chi connectivity index (χ2n) is 8.12. The third kappa shape index (κ3) is 6.19. The maximum absolute atomic E-state index is 5.86. The summed E-state index contributed by atoms with van der Waals surface area (Å²) in [6.45, 7) is 7.46. The first kappa shape index (κ1) is 22.1. The standard InChI is InChI=1S/C28H35NO/c1-4-6-7-8-20-30-27-17-15-26(16-18-27)25-13-11-24(12-14-25)22(3)28-19-10-23(9-5-2)21-29-28/h10-19,21-22H,4-9,20H2,1-3H3. The van der Waals surface area contributed by atoms with Crippen molar-refractivity contribution in [1.29, 1.82) is 0 Å². The second-order valence-corrected chi connectivity index (χ2v) is 8.12. The first-order valence-corrected chi connectivity index (χ1v) is 11.5. The van der Waals surface area contributed by atoms with Crippen molar-refractivity contribution in [2.75, 3.05) is 6.61 Å². The molecule has 158 valence electrons. The molecule has 1 atom stereocenters. The summed E-state index contributed by atoms with van der Waals surface area (Å²) >= 11 is 0. The molecule has 0 saturated carbocycles. The third-order valence-corrected chi connectivity index (χ3v) is 5.69. The zero-order valence-corrected chi connectivity index (χ0v) is 18.7. The molecule has 2 nitrogen and oxygen atoms in total. The number of hydrogen-bond acceptors (Lipinski definition) is 2.